The van der Waals surface area contributed by atoms with Crippen LogP contribution in [0.5, 0.6) is 5.88 Å². The summed E-state index contributed by atoms with van der Waals surface area (Å²) in [5, 5.41) is 2.00. The summed E-state index contributed by atoms with van der Waals surface area (Å²) in [5.74, 6) is -0.309. The highest BCUT2D eigenvalue weighted by atomic mass is 32.2. The number of carbonyl (C=O) groups excluding carboxylic acids is 1. The SMILES string of the molecule is COc1cc(C)nc(NC(=O)NS(=O)(=O)c2ccccc2S(=O)(=O)N(C)C(F)C(F)(F)F)n1. The normalized spacial score (nSPS) is 13.5. The van der Waals surface area contributed by atoms with Crippen LogP contribution in [0.1, 0.15) is 5.69 Å². The minimum absolute atomic E-state index is 0.0468. The Balaban J connectivity index is 2.38. The molecule has 33 heavy (non-hydrogen) atoms. The van der Waals surface area contributed by atoms with Gasteiger partial charge in [0.2, 0.25) is 21.9 Å². The number of ether oxygens (including phenoxy) is 1. The molecule has 2 N–H and O–H groups in total. The quantitative estimate of drug-likeness (QED) is 0.419. The van der Waals surface area contributed by atoms with Crippen LogP contribution in [0.15, 0.2) is 40.1 Å². The second-order valence-corrected chi connectivity index (χ2v) is 9.90. The van der Waals surface area contributed by atoms with Gasteiger partial charge in [-0.1, -0.05) is 12.1 Å². The highest BCUT2D eigenvalue weighted by Gasteiger charge is 2.48. The molecule has 2 aromatic rings. The van der Waals surface area contributed by atoms with E-state index in [1.165, 1.54) is 24.8 Å². The Morgan fingerprint density at radius 3 is 2.24 bits per heavy atom. The van der Waals surface area contributed by atoms with Crippen LogP contribution in [-0.2, 0) is 20.0 Å². The molecule has 11 nitrogen and oxygen atoms in total. The topological polar surface area (TPSA) is 148 Å². The maximum atomic E-state index is 13.6. The maximum Gasteiger partial charge on any atom is 0.434 e. The monoisotopic (exact) mass is 515 g/mol. The third-order valence-electron chi connectivity index (χ3n) is 3.88. The number of nitrogens with one attached hydrogen (secondary N) is 2. The molecule has 0 radical (unpaired) electrons. The van der Waals surface area contributed by atoms with Crippen LogP contribution in [0.3, 0.4) is 0 Å². The van der Waals surface area contributed by atoms with Gasteiger partial charge in [0.15, 0.2) is 0 Å². The summed E-state index contributed by atoms with van der Waals surface area (Å²) in [7, 11) is -8.70. The molecule has 0 spiro atoms. The smallest absolute Gasteiger partial charge is 0.434 e. The van der Waals surface area contributed by atoms with Crippen LogP contribution in [-0.4, -0.2) is 63.8 Å². The molecule has 0 aliphatic carbocycles. The van der Waals surface area contributed by atoms with E-state index >= 15 is 0 Å². The lowest BCUT2D eigenvalue weighted by atomic mass is 10.4. The van der Waals surface area contributed by atoms with Gasteiger partial charge in [0, 0.05) is 18.8 Å². The molecular formula is C16H17F4N5O6S2. The van der Waals surface area contributed by atoms with Crippen molar-refractivity contribution in [1.29, 1.82) is 0 Å². The zero-order valence-electron chi connectivity index (χ0n) is 17.1. The number of halogens is 4. The highest BCUT2D eigenvalue weighted by molar-refractivity contribution is 7.92. The van der Waals surface area contributed by atoms with E-state index in [4.69, 9.17) is 4.74 Å². The average molecular weight is 515 g/mol. The zero-order chi connectivity index (χ0) is 25.2. The number of methoxy groups -OCH3 is 1. The van der Waals surface area contributed by atoms with Crippen molar-refractivity contribution in [3.63, 3.8) is 0 Å². The van der Waals surface area contributed by atoms with Crippen LogP contribution in [0.25, 0.3) is 0 Å². The predicted octanol–water partition coefficient (Wildman–Crippen LogP) is 1.78. The molecule has 17 heteroatoms. The van der Waals surface area contributed by atoms with Crippen LogP contribution in [0.4, 0.5) is 28.3 Å². The lowest BCUT2D eigenvalue weighted by molar-refractivity contribution is -0.205. The maximum absolute atomic E-state index is 13.6. The zero-order valence-corrected chi connectivity index (χ0v) is 18.7. The summed E-state index contributed by atoms with van der Waals surface area (Å²) in [4.78, 5) is 17.5. The van der Waals surface area contributed by atoms with Crippen molar-refractivity contribution in [1.82, 2.24) is 19.0 Å². The summed E-state index contributed by atoms with van der Waals surface area (Å²) in [6, 6.07) is 3.42. The fourth-order valence-corrected chi connectivity index (χ4v) is 5.26. The highest BCUT2D eigenvalue weighted by Crippen LogP contribution is 2.31. The lowest BCUT2D eigenvalue weighted by Crippen LogP contribution is -2.44. The fourth-order valence-electron chi connectivity index (χ4n) is 2.37. The first-order valence-electron chi connectivity index (χ1n) is 8.61. The Labute approximate surface area is 185 Å². The number of nitrogens with zero attached hydrogens (tertiary/aromatic N) is 3. The predicted molar refractivity (Wildman–Crippen MR) is 105 cm³/mol. The van der Waals surface area contributed by atoms with E-state index in [2.05, 4.69) is 9.97 Å². The van der Waals surface area contributed by atoms with Crippen molar-refractivity contribution in [3.05, 3.63) is 36.0 Å². The van der Waals surface area contributed by atoms with Crippen LogP contribution >= 0.6 is 0 Å². The number of amides is 2. The third-order valence-corrected chi connectivity index (χ3v) is 7.25. The first-order valence-corrected chi connectivity index (χ1v) is 11.5. The van der Waals surface area contributed by atoms with Crippen molar-refractivity contribution in [2.24, 2.45) is 0 Å². The van der Waals surface area contributed by atoms with Gasteiger partial charge in [-0.3, -0.25) is 5.32 Å². The number of aromatic nitrogens is 2. The fraction of sp³-hybridized carbons (Fsp3) is 0.312. The van der Waals surface area contributed by atoms with Crippen LogP contribution in [0.2, 0.25) is 0 Å². The second kappa shape index (κ2) is 9.44. The molecule has 0 bridgehead atoms. The Bertz CT molecular complexity index is 1250. The Morgan fingerprint density at radius 2 is 1.70 bits per heavy atom. The van der Waals surface area contributed by atoms with E-state index in [-0.39, 0.29) is 11.8 Å². The molecule has 0 aliphatic rings. The van der Waals surface area contributed by atoms with Gasteiger partial charge in [0.1, 0.15) is 9.79 Å². The number of rotatable bonds is 7. The van der Waals surface area contributed by atoms with Crippen molar-refractivity contribution >= 4 is 32.0 Å². The minimum Gasteiger partial charge on any atom is -0.481 e. The molecule has 1 aromatic heterocycles. The van der Waals surface area contributed by atoms with E-state index in [1.54, 1.807) is 0 Å². The van der Waals surface area contributed by atoms with E-state index in [9.17, 15) is 39.2 Å². The number of alkyl halides is 4. The lowest BCUT2D eigenvalue weighted by Gasteiger charge is -2.24. The van der Waals surface area contributed by atoms with E-state index in [0.29, 0.717) is 24.9 Å². The summed E-state index contributed by atoms with van der Waals surface area (Å²) < 4.78 is 108. The van der Waals surface area contributed by atoms with Gasteiger partial charge >= 0.3 is 12.2 Å². The number of carbonyl (C=O) groups is 1. The molecule has 0 saturated carbocycles. The summed E-state index contributed by atoms with van der Waals surface area (Å²) in [6.07, 6.45) is -9.51. The summed E-state index contributed by atoms with van der Waals surface area (Å²) in [5.41, 5.74) is 0.352. The van der Waals surface area contributed by atoms with Gasteiger partial charge < -0.3 is 4.74 Å². The van der Waals surface area contributed by atoms with Crippen molar-refractivity contribution < 1.29 is 43.9 Å². The number of benzene rings is 1. The molecule has 182 valence electrons. The molecule has 0 fully saturated rings. The molecule has 1 aromatic carbocycles. The van der Waals surface area contributed by atoms with Crippen molar-refractivity contribution in [2.45, 2.75) is 29.2 Å². The minimum atomic E-state index is -5.57. The van der Waals surface area contributed by atoms with E-state index in [1.807, 2.05) is 5.32 Å². The third kappa shape index (κ3) is 6.05. The molecule has 0 saturated heterocycles. The summed E-state index contributed by atoms with van der Waals surface area (Å²) >= 11 is 0. The Morgan fingerprint density at radius 1 is 1.12 bits per heavy atom. The molecule has 1 atom stereocenters. The number of sulfonamides is 2. The number of hydrogen-bond donors (Lipinski definition) is 2. The first-order chi connectivity index (χ1) is 15.1. The van der Waals surface area contributed by atoms with Crippen molar-refractivity contribution in [3.8, 4) is 5.88 Å². The Hall–Kier alpha value is -3.05. The molecule has 0 aliphatic heterocycles. The Kier molecular flexibility index (Phi) is 7.49. The number of urea groups is 1. The first kappa shape index (κ1) is 26.2. The number of anilines is 1. The van der Waals surface area contributed by atoms with Gasteiger partial charge in [-0.2, -0.15) is 22.5 Å². The molecule has 2 amide bonds. The van der Waals surface area contributed by atoms with Gasteiger partial charge in [-0.15, -0.1) is 0 Å². The van der Waals surface area contributed by atoms with E-state index < -0.39 is 52.6 Å². The van der Waals surface area contributed by atoms with Crippen LogP contribution < -0.4 is 14.8 Å². The summed E-state index contributed by atoms with van der Waals surface area (Å²) in [6.45, 7) is 1.53. The molecule has 1 heterocycles. The molecule has 2 rings (SSSR count). The van der Waals surface area contributed by atoms with Gasteiger partial charge in [0.05, 0.1) is 7.11 Å². The van der Waals surface area contributed by atoms with Gasteiger partial charge in [0.25, 0.3) is 16.3 Å². The largest absolute Gasteiger partial charge is 0.481 e. The van der Waals surface area contributed by atoms with Crippen molar-refractivity contribution in [2.75, 3.05) is 19.5 Å². The molecule has 1 unspecified atom stereocenters. The number of hydrogen-bond acceptors (Lipinski definition) is 8. The average Bonchev–Trinajstić information content (AvgIpc) is 2.70. The number of aryl methyl sites for hydroxylation is 1. The van der Waals surface area contributed by atoms with E-state index in [0.717, 1.165) is 12.1 Å². The molecular weight excluding hydrogens is 498 g/mol. The second-order valence-electron chi connectivity index (χ2n) is 6.28. The van der Waals surface area contributed by atoms with Gasteiger partial charge in [-0.05, 0) is 19.1 Å². The standard InChI is InChI=1S/C16H17F4N5O6S2/c1-9-8-12(31-3)22-14(21-9)23-15(26)24-32(27,28)10-6-4-5-7-11(10)33(29,30)25(2)13(17)16(18,19)20/h4-8,13H,1-3H3,(H2,21,22,23,24,26). The van der Waals surface area contributed by atoms with Gasteiger partial charge in [-0.25, -0.2) is 35.7 Å². The van der Waals surface area contributed by atoms with Crippen LogP contribution in [0, 0.1) is 6.92 Å².